The molecule has 4 rings (SSSR count). The van der Waals surface area contributed by atoms with Crippen LogP contribution < -0.4 is 10.2 Å². The van der Waals surface area contributed by atoms with Crippen molar-refractivity contribution in [2.75, 3.05) is 10.2 Å². The van der Waals surface area contributed by atoms with Crippen molar-refractivity contribution in [2.24, 2.45) is 0 Å². The number of amides is 3. The van der Waals surface area contributed by atoms with Crippen molar-refractivity contribution < 1.29 is 24.2 Å². The fraction of sp³-hybridized carbons (Fsp3) is 0. The van der Waals surface area contributed by atoms with Gasteiger partial charge in [0, 0.05) is 35.5 Å². The van der Waals surface area contributed by atoms with Gasteiger partial charge in [0.1, 0.15) is 0 Å². The zero-order valence-corrected chi connectivity index (χ0v) is 16.1. The highest BCUT2D eigenvalue weighted by atomic mass is 16.6. The second-order valence-electron chi connectivity index (χ2n) is 6.74. The zero-order valence-electron chi connectivity index (χ0n) is 16.1. The Labute approximate surface area is 179 Å². The van der Waals surface area contributed by atoms with Gasteiger partial charge < -0.3 is 5.32 Å². The standard InChI is InChI=1S/C21H12N4O7/c26-19(12-2-1-3-16(10-12)25(31)32)22-13-4-9-17-18(11-13)21(28)23(20(17)27)14-5-7-15(8-6-14)24(29)30/h1-11H,(H,22,26). The summed E-state index contributed by atoms with van der Waals surface area (Å²) in [6.07, 6.45) is 0. The molecule has 32 heavy (non-hydrogen) atoms. The van der Waals surface area contributed by atoms with Gasteiger partial charge in [-0.25, -0.2) is 4.90 Å². The third-order valence-electron chi connectivity index (χ3n) is 4.78. The van der Waals surface area contributed by atoms with E-state index >= 15 is 0 Å². The lowest BCUT2D eigenvalue weighted by atomic mass is 10.1. The molecule has 3 aromatic rings. The second kappa shape index (κ2) is 7.72. The first-order chi connectivity index (χ1) is 15.3. The van der Waals surface area contributed by atoms with Crippen molar-refractivity contribution in [3.8, 4) is 0 Å². The van der Waals surface area contributed by atoms with E-state index in [2.05, 4.69) is 5.32 Å². The molecule has 3 aromatic carbocycles. The number of fused-ring (bicyclic) bond motifs is 1. The van der Waals surface area contributed by atoms with E-state index in [0.29, 0.717) is 0 Å². The van der Waals surface area contributed by atoms with E-state index in [4.69, 9.17) is 0 Å². The molecule has 0 unspecified atom stereocenters. The van der Waals surface area contributed by atoms with Crippen molar-refractivity contribution in [1.29, 1.82) is 0 Å². The third kappa shape index (κ3) is 3.54. The molecule has 0 saturated heterocycles. The molecular formula is C21H12N4O7. The molecule has 0 saturated carbocycles. The predicted molar refractivity (Wildman–Crippen MR) is 112 cm³/mol. The van der Waals surface area contributed by atoms with Crippen LogP contribution in [0.15, 0.2) is 66.7 Å². The van der Waals surface area contributed by atoms with Gasteiger partial charge in [0.15, 0.2) is 0 Å². The van der Waals surface area contributed by atoms with Crippen molar-refractivity contribution in [2.45, 2.75) is 0 Å². The van der Waals surface area contributed by atoms with Gasteiger partial charge >= 0.3 is 0 Å². The molecular weight excluding hydrogens is 420 g/mol. The first-order valence-electron chi connectivity index (χ1n) is 9.09. The highest BCUT2D eigenvalue weighted by Gasteiger charge is 2.37. The van der Waals surface area contributed by atoms with E-state index in [-0.39, 0.29) is 39.4 Å². The maximum absolute atomic E-state index is 12.8. The van der Waals surface area contributed by atoms with E-state index in [9.17, 15) is 34.6 Å². The van der Waals surface area contributed by atoms with Crippen LogP contribution in [0, 0.1) is 20.2 Å². The normalized spacial score (nSPS) is 12.4. The number of hydrogen-bond acceptors (Lipinski definition) is 7. The summed E-state index contributed by atoms with van der Waals surface area (Å²) < 4.78 is 0. The molecule has 1 N–H and O–H groups in total. The first-order valence-corrected chi connectivity index (χ1v) is 9.09. The van der Waals surface area contributed by atoms with Crippen LogP contribution in [0.2, 0.25) is 0 Å². The summed E-state index contributed by atoms with van der Waals surface area (Å²) in [4.78, 5) is 59.4. The Kier molecular flexibility index (Phi) is 4.91. The summed E-state index contributed by atoms with van der Waals surface area (Å²) in [7, 11) is 0. The topological polar surface area (TPSA) is 153 Å². The van der Waals surface area contributed by atoms with Crippen molar-refractivity contribution in [3.63, 3.8) is 0 Å². The average molecular weight is 432 g/mol. The molecule has 158 valence electrons. The van der Waals surface area contributed by atoms with Crippen molar-refractivity contribution in [1.82, 2.24) is 0 Å². The van der Waals surface area contributed by atoms with Crippen LogP contribution in [0.4, 0.5) is 22.7 Å². The molecule has 0 aromatic heterocycles. The summed E-state index contributed by atoms with van der Waals surface area (Å²) in [5.74, 6) is -1.88. The summed E-state index contributed by atoms with van der Waals surface area (Å²) in [5, 5.41) is 24.3. The Morgan fingerprint density at radius 1 is 0.781 bits per heavy atom. The van der Waals surface area contributed by atoms with Gasteiger partial charge in [-0.3, -0.25) is 34.6 Å². The van der Waals surface area contributed by atoms with Crippen LogP contribution in [0.1, 0.15) is 31.1 Å². The van der Waals surface area contributed by atoms with E-state index in [1.54, 1.807) is 0 Å². The smallest absolute Gasteiger partial charge is 0.270 e. The molecule has 11 nitrogen and oxygen atoms in total. The Balaban J connectivity index is 1.59. The lowest BCUT2D eigenvalue weighted by Crippen LogP contribution is -2.29. The zero-order chi connectivity index (χ0) is 23.0. The lowest BCUT2D eigenvalue weighted by molar-refractivity contribution is -0.385. The van der Waals surface area contributed by atoms with Gasteiger partial charge in [-0.15, -0.1) is 0 Å². The summed E-state index contributed by atoms with van der Waals surface area (Å²) in [6, 6.07) is 14.2. The van der Waals surface area contributed by atoms with Gasteiger partial charge in [0.25, 0.3) is 29.1 Å². The quantitative estimate of drug-likeness (QED) is 0.367. The number of nitro groups is 2. The molecule has 1 aliphatic heterocycles. The number of non-ortho nitro benzene ring substituents is 2. The van der Waals surface area contributed by atoms with E-state index < -0.39 is 27.6 Å². The van der Waals surface area contributed by atoms with Gasteiger partial charge in [-0.05, 0) is 36.4 Å². The number of carbonyl (C=O) groups is 3. The first kappa shape index (κ1) is 20.3. The highest BCUT2D eigenvalue weighted by Crippen LogP contribution is 2.31. The molecule has 0 aliphatic carbocycles. The highest BCUT2D eigenvalue weighted by molar-refractivity contribution is 6.34. The molecule has 0 spiro atoms. The Morgan fingerprint density at radius 3 is 2.09 bits per heavy atom. The fourth-order valence-electron chi connectivity index (χ4n) is 3.24. The molecule has 1 heterocycles. The van der Waals surface area contributed by atoms with Gasteiger partial charge in [-0.1, -0.05) is 6.07 Å². The van der Waals surface area contributed by atoms with Gasteiger partial charge in [-0.2, -0.15) is 0 Å². The maximum atomic E-state index is 12.8. The minimum Gasteiger partial charge on any atom is -0.322 e. The number of anilines is 2. The van der Waals surface area contributed by atoms with Crippen LogP contribution in [0.3, 0.4) is 0 Å². The number of nitrogens with zero attached hydrogens (tertiary/aromatic N) is 3. The summed E-state index contributed by atoms with van der Waals surface area (Å²) >= 11 is 0. The number of benzene rings is 3. The number of nitrogens with one attached hydrogen (secondary N) is 1. The van der Waals surface area contributed by atoms with Gasteiger partial charge in [0.2, 0.25) is 0 Å². The maximum Gasteiger partial charge on any atom is 0.270 e. The van der Waals surface area contributed by atoms with Crippen LogP contribution in [0.25, 0.3) is 0 Å². The van der Waals surface area contributed by atoms with Crippen LogP contribution in [-0.2, 0) is 0 Å². The molecule has 0 radical (unpaired) electrons. The number of carbonyl (C=O) groups excluding carboxylic acids is 3. The van der Waals surface area contributed by atoms with Crippen molar-refractivity contribution >= 4 is 40.5 Å². The average Bonchev–Trinajstić information content (AvgIpc) is 3.03. The largest absolute Gasteiger partial charge is 0.322 e. The molecule has 0 bridgehead atoms. The SMILES string of the molecule is O=C(Nc1ccc2c(c1)C(=O)N(c1ccc([N+](=O)[O-])cc1)C2=O)c1cccc([N+](=O)[O-])c1. The molecule has 0 atom stereocenters. The molecule has 1 aliphatic rings. The number of nitro benzene ring substituents is 2. The van der Waals surface area contributed by atoms with E-state index in [1.165, 1.54) is 60.7 Å². The van der Waals surface area contributed by atoms with E-state index in [1.807, 2.05) is 0 Å². The van der Waals surface area contributed by atoms with Crippen LogP contribution in [0.5, 0.6) is 0 Å². The lowest BCUT2D eigenvalue weighted by Gasteiger charge is -2.13. The Hall–Kier alpha value is -4.93. The third-order valence-corrected chi connectivity index (χ3v) is 4.78. The van der Waals surface area contributed by atoms with Crippen molar-refractivity contribution in [3.05, 3.63) is 104 Å². The molecule has 11 heteroatoms. The van der Waals surface area contributed by atoms with Crippen LogP contribution >= 0.6 is 0 Å². The number of hydrogen-bond donors (Lipinski definition) is 1. The van der Waals surface area contributed by atoms with Gasteiger partial charge in [0.05, 0.1) is 26.7 Å². The minimum atomic E-state index is -0.648. The molecule has 0 fully saturated rings. The number of imide groups is 1. The predicted octanol–water partition coefficient (Wildman–Crippen LogP) is 3.56. The minimum absolute atomic E-state index is 0.0465. The molecule has 3 amide bonds. The number of rotatable bonds is 5. The fourth-order valence-corrected chi connectivity index (χ4v) is 3.24. The Morgan fingerprint density at radius 2 is 1.44 bits per heavy atom. The monoisotopic (exact) mass is 432 g/mol. The summed E-state index contributed by atoms with van der Waals surface area (Å²) in [5.41, 5.74) is 0.167. The summed E-state index contributed by atoms with van der Waals surface area (Å²) in [6.45, 7) is 0. The second-order valence-corrected chi connectivity index (χ2v) is 6.74. The Bertz CT molecular complexity index is 1320. The van der Waals surface area contributed by atoms with E-state index in [0.717, 1.165) is 11.0 Å². The van der Waals surface area contributed by atoms with Crippen LogP contribution in [-0.4, -0.2) is 27.6 Å².